The molecule has 5 heteroatoms. The number of aliphatic carboxylic acids is 1. The summed E-state index contributed by atoms with van der Waals surface area (Å²) in [5.41, 5.74) is 0.927. The van der Waals surface area contributed by atoms with Crippen LogP contribution in [0.5, 0.6) is 11.5 Å². The molecule has 18 heavy (non-hydrogen) atoms. The van der Waals surface area contributed by atoms with Crippen LogP contribution >= 0.6 is 11.8 Å². The molecule has 0 aromatic heterocycles. The second kappa shape index (κ2) is 6.00. The maximum absolute atomic E-state index is 11.0. The van der Waals surface area contributed by atoms with Crippen molar-refractivity contribution < 1.29 is 19.4 Å². The summed E-state index contributed by atoms with van der Waals surface area (Å²) in [6.45, 7) is 3.37. The van der Waals surface area contributed by atoms with Gasteiger partial charge in [0.2, 0.25) is 0 Å². The topological polar surface area (TPSA) is 55.8 Å². The molecule has 1 rings (SSSR count). The zero-order valence-electron chi connectivity index (χ0n) is 11.0. The molecule has 0 aliphatic heterocycles. The first kappa shape index (κ1) is 14.7. The average molecular weight is 270 g/mol. The quantitative estimate of drug-likeness (QED) is 0.861. The van der Waals surface area contributed by atoms with E-state index in [2.05, 4.69) is 0 Å². The van der Waals surface area contributed by atoms with E-state index in [1.165, 1.54) is 11.8 Å². The Morgan fingerprint density at radius 3 is 2.50 bits per heavy atom. The fourth-order valence-corrected chi connectivity index (χ4v) is 2.18. The lowest BCUT2D eigenvalue weighted by molar-refractivity contribution is -0.138. The Morgan fingerprint density at radius 1 is 1.33 bits per heavy atom. The van der Waals surface area contributed by atoms with Gasteiger partial charge in [-0.1, -0.05) is 0 Å². The molecule has 0 aliphatic carbocycles. The van der Waals surface area contributed by atoms with Gasteiger partial charge in [0.05, 0.1) is 14.2 Å². The van der Waals surface area contributed by atoms with Gasteiger partial charge in [0, 0.05) is 11.3 Å². The number of methoxy groups -OCH3 is 2. The zero-order chi connectivity index (χ0) is 13.8. The van der Waals surface area contributed by atoms with E-state index in [1.54, 1.807) is 28.1 Å². The summed E-state index contributed by atoms with van der Waals surface area (Å²) in [5, 5.41) is 9.07. The van der Waals surface area contributed by atoms with Crippen LogP contribution in [0.25, 0.3) is 0 Å². The molecule has 0 amide bonds. The van der Waals surface area contributed by atoms with E-state index in [1.807, 2.05) is 18.2 Å². The normalized spacial score (nSPS) is 11.1. The number of carboxylic acid groups (broad SMARTS) is 1. The number of benzene rings is 1. The van der Waals surface area contributed by atoms with Gasteiger partial charge in [0.25, 0.3) is 0 Å². The molecular weight excluding hydrogens is 252 g/mol. The molecule has 0 spiro atoms. The Balaban J connectivity index is 2.86. The second-order valence-electron chi connectivity index (χ2n) is 4.28. The predicted molar refractivity (Wildman–Crippen MR) is 72.6 cm³/mol. The number of ether oxygens (including phenoxy) is 2. The van der Waals surface area contributed by atoms with Crippen molar-refractivity contribution in [1.29, 1.82) is 0 Å². The Kier molecular flexibility index (Phi) is 4.90. The molecule has 1 aromatic rings. The summed E-state index contributed by atoms with van der Waals surface area (Å²) in [7, 11) is 3.19. The van der Waals surface area contributed by atoms with Gasteiger partial charge < -0.3 is 14.6 Å². The van der Waals surface area contributed by atoms with Crippen molar-refractivity contribution >= 4 is 17.7 Å². The number of thioether (sulfide) groups is 1. The molecule has 0 radical (unpaired) electrons. The predicted octanol–water partition coefficient (Wildman–Crippen LogP) is 2.80. The van der Waals surface area contributed by atoms with Gasteiger partial charge in [-0.3, -0.25) is 4.79 Å². The number of hydrogen-bond acceptors (Lipinski definition) is 4. The van der Waals surface area contributed by atoms with Crippen LogP contribution in [-0.2, 0) is 10.5 Å². The van der Waals surface area contributed by atoms with E-state index in [0.717, 1.165) is 17.1 Å². The van der Waals surface area contributed by atoms with E-state index in [-0.39, 0.29) is 0 Å². The number of rotatable bonds is 6. The van der Waals surface area contributed by atoms with Crippen LogP contribution in [-0.4, -0.2) is 30.0 Å². The van der Waals surface area contributed by atoms with Crippen molar-refractivity contribution in [3.8, 4) is 11.5 Å². The highest BCUT2D eigenvalue weighted by Gasteiger charge is 2.27. The molecule has 1 N–H and O–H groups in total. The first-order valence-electron chi connectivity index (χ1n) is 5.49. The van der Waals surface area contributed by atoms with Gasteiger partial charge >= 0.3 is 5.97 Å². The van der Waals surface area contributed by atoms with Crippen molar-refractivity contribution in [3.63, 3.8) is 0 Å². The van der Waals surface area contributed by atoms with Crippen LogP contribution < -0.4 is 9.47 Å². The smallest absolute Gasteiger partial charge is 0.319 e. The Hall–Kier alpha value is -1.36. The van der Waals surface area contributed by atoms with Gasteiger partial charge in [-0.05, 0) is 32.0 Å². The molecule has 1 aromatic carbocycles. The van der Waals surface area contributed by atoms with E-state index in [0.29, 0.717) is 5.75 Å². The van der Waals surface area contributed by atoms with Crippen molar-refractivity contribution in [1.82, 2.24) is 0 Å². The molecule has 4 nitrogen and oxygen atoms in total. The van der Waals surface area contributed by atoms with Crippen LogP contribution in [0.2, 0.25) is 0 Å². The van der Waals surface area contributed by atoms with Crippen LogP contribution in [0.1, 0.15) is 19.4 Å². The molecule has 0 heterocycles. The monoisotopic (exact) mass is 270 g/mol. The SMILES string of the molecule is COc1ccc(OC)c(CSC(C)(C)C(=O)O)c1. The fourth-order valence-electron chi connectivity index (χ4n) is 1.31. The number of carbonyl (C=O) groups is 1. The van der Waals surface area contributed by atoms with Gasteiger partial charge in [-0.2, -0.15) is 0 Å². The van der Waals surface area contributed by atoms with Crippen molar-refractivity contribution in [2.45, 2.75) is 24.3 Å². The molecule has 0 bridgehead atoms. The highest BCUT2D eigenvalue weighted by atomic mass is 32.2. The van der Waals surface area contributed by atoms with Crippen LogP contribution in [0.4, 0.5) is 0 Å². The lowest BCUT2D eigenvalue weighted by Gasteiger charge is -2.19. The molecular formula is C13H18O4S. The third-order valence-electron chi connectivity index (χ3n) is 2.59. The minimum absolute atomic E-state index is 0.555. The lowest BCUT2D eigenvalue weighted by Crippen LogP contribution is -2.27. The fraction of sp³-hybridized carbons (Fsp3) is 0.462. The average Bonchev–Trinajstić information content (AvgIpc) is 2.35. The van der Waals surface area contributed by atoms with Gasteiger partial charge in [0.15, 0.2) is 0 Å². The lowest BCUT2D eigenvalue weighted by atomic mass is 10.2. The summed E-state index contributed by atoms with van der Waals surface area (Å²) in [6.07, 6.45) is 0. The zero-order valence-corrected chi connectivity index (χ0v) is 11.8. The summed E-state index contributed by atoms with van der Waals surface area (Å²) >= 11 is 1.35. The molecule has 0 fully saturated rings. The summed E-state index contributed by atoms with van der Waals surface area (Å²) in [4.78, 5) is 11.0. The van der Waals surface area contributed by atoms with E-state index in [4.69, 9.17) is 14.6 Å². The maximum Gasteiger partial charge on any atom is 0.319 e. The van der Waals surface area contributed by atoms with Crippen molar-refractivity contribution in [2.24, 2.45) is 0 Å². The first-order valence-corrected chi connectivity index (χ1v) is 6.47. The van der Waals surface area contributed by atoms with E-state index >= 15 is 0 Å². The molecule has 100 valence electrons. The third kappa shape index (κ3) is 3.57. The largest absolute Gasteiger partial charge is 0.497 e. The third-order valence-corrected chi connectivity index (χ3v) is 3.94. The maximum atomic E-state index is 11.0. The number of hydrogen-bond donors (Lipinski definition) is 1. The van der Waals surface area contributed by atoms with E-state index in [9.17, 15) is 4.79 Å². The minimum atomic E-state index is -0.825. The molecule has 0 unspecified atom stereocenters. The first-order chi connectivity index (χ1) is 8.40. The molecule has 0 saturated carbocycles. The Morgan fingerprint density at radius 2 is 2.00 bits per heavy atom. The highest BCUT2D eigenvalue weighted by Crippen LogP contribution is 2.33. The van der Waals surface area contributed by atoms with Gasteiger partial charge in [-0.25, -0.2) is 0 Å². The second-order valence-corrected chi connectivity index (χ2v) is 5.88. The number of carboxylic acids is 1. The van der Waals surface area contributed by atoms with Crippen LogP contribution in [0, 0.1) is 0 Å². The molecule has 0 aliphatic rings. The van der Waals surface area contributed by atoms with Gasteiger partial charge in [0.1, 0.15) is 16.2 Å². The van der Waals surface area contributed by atoms with E-state index < -0.39 is 10.7 Å². The summed E-state index contributed by atoms with van der Waals surface area (Å²) < 4.78 is 9.58. The standard InChI is InChI=1S/C13H18O4S/c1-13(2,12(14)15)18-8-9-7-10(16-3)5-6-11(9)17-4/h5-7H,8H2,1-4H3,(H,14,15). The van der Waals surface area contributed by atoms with Crippen LogP contribution in [0.3, 0.4) is 0 Å². The van der Waals surface area contributed by atoms with Gasteiger partial charge in [-0.15, -0.1) is 11.8 Å². The summed E-state index contributed by atoms with van der Waals surface area (Å²) in [5.74, 6) is 1.21. The van der Waals surface area contributed by atoms with Crippen molar-refractivity contribution in [2.75, 3.05) is 14.2 Å². The van der Waals surface area contributed by atoms with Crippen LogP contribution in [0.15, 0.2) is 18.2 Å². The minimum Gasteiger partial charge on any atom is -0.497 e. The molecule has 0 saturated heterocycles. The highest BCUT2D eigenvalue weighted by molar-refractivity contribution is 8.00. The Labute approximate surface area is 111 Å². The molecule has 0 atom stereocenters. The Bertz CT molecular complexity index is 429. The summed E-state index contributed by atoms with van der Waals surface area (Å²) in [6, 6.07) is 5.50. The van der Waals surface area contributed by atoms with Crippen molar-refractivity contribution in [3.05, 3.63) is 23.8 Å².